The van der Waals surface area contributed by atoms with Gasteiger partial charge in [0.1, 0.15) is 11.2 Å². The molecule has 1 fully saturated rings. The average Bonchev–Trinajstić information content (AvgIpc) is 3.32. The summed E-state index contributed by atoms with van der Waals surface area (Å²) in [5.41, 5.74) is 1.83. The van der Waals surface area contributed by atoms with Crippen molar-refractivity contribution in [3.63, 3.8) is 0 Å². The van der Waals surface area contributed by atoms with Crippen molar-refractivity contribution in [1.29, 1.82) is 0 Å². The molecule has 0 aliphatic carbocycles. The van der Waals surface area contributed by atoms with E-state index in [2.05, 4.69) is 107 Å². The van der Waals surface area contributed by atoms with Crippen molar-refractivity contribution in [3.8, 4) is 0 Å². The molecule has 166 valence electrons. The number of benzene rings is 5. The van der Waals surface area contributed by atoms with E-state index in [-0.39, 0.29) is 0 Å². The summed E-state index contributed by atoms with van der Waals surface area (Å²) < 4.78 is 19.3. The molecular weight excluding hydrogens is 419 g/mol. The van der Waals surface area contributed by atoms with E-state index in [1.807, 2.05) is 0 Å². The minimum absolute atomic E-state index is 0.409. The van der Waals surface area contributed by atoms with Crippen LogP contribution in [0.5, 0.6) is 0 Å². The average molecular weight is 444 g/mol. The maximum atomic E-state index is 6.54. The van der Waals surface area contributed by atoms with E-state index >= 15 is 0 Å². The van der Waals surface area contributed by atoms with Gasteiger partial charge in [0.25, 0.3) is 0 Å². The molecule has 0 N–H and O–H groups in total. The van der Waals surface area contributed by atoms with Gasteiger partial charge in [0.05, 0.1) is 11.2 Å². The first-order chi connectivity index (χ1) is 16.4. The number of fused-ring (bicyclic) bond motifs is 10. The van der Waals surface area contributed by atoms with Crippen molar-refractivity contribution in [2.75, 3.05) is 0 Å². The number of rotatable bonds is 1. The highest BCUT2D eigenvalue weighted by molar-refractivity contribution is 6.65. The lowest BCUT2D eigenvalue weighted by atomic mass is 9.78. The third kappa shape index (κ3) is 2.55. The van der Waals surface area contributed by atoms with Gasteiger partial charge >= 0.3 is 7.12 Å². The maximum absolute atomic E-state index is 6.54. The molecule has 6 aromatic rings. The summed E-state index contributed by atoms with van der Waals surface area (Å²) in [7, 11) is -0.474. The minimum Gasteiger partial charge on any atom is -0.456 e. The Labute approximate surface area is 198 Å². The molecule has 1 saturated heterocycles. The van der Waals surface area contributed by atoms with E-state index in [4.69, 9.17) is 13.7 Å². The highest BCUT2D eigenvalue weighted by Gasteiger charge is 2.52. The Bertz CT molecular complexity index is 1730. The predicted octanol–water partition coefficient (Wildman–Crippen LogP) is 7.34. The summed E-state index contributed by atoms with van der Waals surface area (Å²) >= 11 is 0. The summed E-state index contributed by atoms with van der Waals surface area (Å²) in [5.74, 6) is 0. The molecule has 1 aromatic heterocycles. The normalized spacial score (nSPS) is 17.6. The van der Waals surface area contributed by atoms with Crippen LogP contribution in [0.3, 0.4) is 0 Å². The summed E-state index contributed by atoms with van der Waals surface area (Å²) in [5, 5.41) is 9.74. The number of hydrogen-bond donors (Lipinski definition) is 0. The molecule has 3 nitrogen and oxygen atoms in total. The number of furan rings is 1. The van der Waals surface area contributed by atoms with Gasteiger partial charge in [0.2, 0.25) is 0 Å². The van der Waals surface area contributed by atoms with E-state index < -0.39 is 18.3 Å². The highest BCUT2D eigenvalue weighted by Crippen LogP contribution is 2.43. The molecule has 1 aliphatic rings. The molecule has 0 amide bonds. The Kier molecular flexibility index (Phi) is 3.91. The molecule has 4 heteroatoms. The van der Waals surface area contributed by atoms with Gasteiger partial charge in [-0.25, -0.2) is 0 Å². The lowest BCUT2D eigenvalue weighted by Gasteiger charge is -2.32. The lowest BCUT2D eigenvalue weighted by molar-refractivity contribution is 0.00578. The molecule has 0 atom stereocenters. The van der Waals surface area contributed by atoms with Crippen molar-refractivity contribution in [2.45, 2.75) is 38.9 Å². The summed E-state index contributed by atoms with van der Waals surface area (Å²) in [4.78, 5) is 0. The Hall–Kier alpha value is -3.34. The van der Waals surface area contributed by atoms with Gasteiger partial charge in [-0.1, -0.05) is 66.7 Å². The summed E-state index contributed by atoms with van der Waals surface area (Å²) in [6.07, 6.45) is 0. The molecular formula is C30H25BO3. The fraction of sp³-hybridized carbons (Fsp3) is 0.200. The molecule has 0 spiro atoms. The molecule has 0 unspecified atom stereocenters. The van der Waals surface area contributed by atoms with Crippen LogP contribution in [0.15, 0.2) is 83.3 Å². The van der Waals surface area contributed by atoms with Crippen molar-refractivity contribution in [1.82, 2.24) is 0 Å². The van der Waals surface area contributed by atoms with Gasteiger partial charge in [0, 0.05) is 21.6 Å². The smallest absolute Gasteiger partial charge is 0.456 e. The molecule has 0 bridgehead atoms. The fourth-order valence-electron chi connectivity index (χ4n) is 5.46. The Morgan fingerprint density at radius 1 is 0.529 bits per heavy atom. The lowest BCUT2D eigenvalue weighted by Crippen LogP contribution is -2.41. The van der Waals surface area contributed by atoms with Crippen LogP contribution in [-0.4, -0.2) is 18.3 Å². The Morgan fingerprint density at radius 2 is 1.06 bits per heavy atom. The quantitative estimate of drug-likeness (QED) is 0.196. The fourth-order valence-corrected chi connectivity index (χ4v) is 5.46. The van der Waals surface area contributed by atoms with Crippen LogP contribution < -0.4 is 5.46 Å². The van der Waals surface area contributed by atoms with Gasteiger partial charge in [-0.2, -0.15) is 0 Å². The number of hydrogen-bond acceptors (Lipinski definition) is 3. The first kappa shape index (κ1) is 20.1. The second kappa shape index (κ2) is 6.62. The molecule has 0 radical (unpaired) electrons. The van der Waals surface area contributed by atoms with Crippen LogP contribution in [0, 0.1) is 0 Å². The van der Waals surface area contributed by atoms with E-state index in [1.54, 1.807) is 0 Å². The topological polar surface area (TPSA) is 31.6 Å². The van der Waals surface area contributed by atoms with Gasteiger partial charge in [-0.3, -0.25) is 0 Å². The van der Waals surface area contributed by atoms with Crippen LogP contribution in [0.25, 0.3) is 54.3 Å². The van der Waals surface area contributed by atoms with E-state index in [0.29, 0.717) is 0 Å². The molecule has 1 aliphatic heterocycles. The standard InChI is InChI=1S/C30H25BO3/c1-29(2)30(3,4)34-31(33-29)24-15-9-14-23-27-25(32-28(23)24)17-16-22-20-12-6-5-10-18(20)19-11-7-8-13-21(19)26(22)27/h5-17H,1-4H3. The zero-order chi connectivity index (χ0) is 23.2. The van der Waals surface area contributed by atoms with Crippen molar-refractivity contribution < 1.29 is 13.7 Å². The van der Waals surface area contributed by atoms with Gasteiger partial charge in [0.15, 0.2) is 0 Å². The summed E-state index contributed by atoms with van der Waals surface area (Å²) in [6.45, 7) is 8.32. The highest BCUT2D eigenvalue weighted by atomic mass is 16.7. The minimum atomic E-state index is -0.474. The Morgan fingerprint density at radius 3 is 1.71 bits per heavy atom. The van der Waals surface area contributed by atoms with Crippen LogP contribution in [0.4, 0.5) is 0 Å². The first-order valence-electron chi connectivity index (χ1n) is 11.9. The van der Waals surface area contributed by atoms with Gasteiger partial charge in [-0.05, 0) is 66.8 Å². The van der Waals surface area contributed by atoms with Crippen molar-refractivity contribution in [3.05, 3.63) is 78.9 Å². The van der Waals surface area contributed by atoms with E-state index in [9.17, 15) is 0 Å². The van der Waals surface area contributed by atoms with E-state index in [1.165, 1.54) is 32.3 Å². The van der Waals surface area contributed by atoms with Crippen LogP contribution >= 0.6 is 0 Å². The molecule has 2 heterocycles. The predicted molar refractivity (Wildman–Crippen MR) is 142 cm³/mol. The van der Waals surface area contributed by atoms with Crippen molar-refractivity contribution in [2.24, 2.45) is 0 Å². The van der Waals surface area contributed by atoms with Gasteiger partial charge in [-0.15, -0.1) is 0 Å². The zero-order valence-corrected chi connectivity index (χ0v) is 19.8. The largest absolute Gasteiger partial charge is 0.498 e. The maximum Gasteiger partial charge on any atom is 0.498 e. The second-order valence-electron chi connectivity index (χ2n) is 10.4. The second-order valence-corrected chi connectivity index (χ2v) is 10.4. The van der Waals surface area contributed by atoms with E-state index in [0.717, 1.165) is 27.4 Å². The first-order valence-corrected chi connectivity index (χ1v) is 11.9. The molecule has 5 aromatic carbocycles. The number of para-hydroxylation sites is 1. The van der Waals surface area contributed by atoms with Crippen LogP contribution in [0.1, 0.15) is 27.7 Å². The molecule has 34 heavy (non-hydrogen) atoms. The Balaban J connectivity index is 1.61. The monoisotopic (exact) mass is 444 g/mol. The zero-order valence-electron chi connectivity index (χ0n) is 19.8. The third-order valence-corrected chi connectivity index (χ3v) is 7.90. The van der Waals surface area contributed by atoms with Crippen LogP contribution in [0.2, 0.25) is 0 Å². The van der Waals surface area contributed by atoms with Gasteiger partial charge < -0.3 is 13.7 Å². The van der Waals surface area contributed by atoms with Crippen LogP contribution in [-0.2, 0) is 9.31 Å². The molecule has 0 saturated carbocycles. The molecule has 7 rings (SSSR count). The summed E-state index contributed by atoms with van der Waals surface area (Å²) in [6, 6.07) is 27.9. The SMILES string of the molecule is CC1(C)OB(c2cccc3c2oc2ccc4c5ccccc5c5ccccc5c4c23)OC1(C)C. The van der Waals surface area contributed by atoms with Crippen molar-refractivity contribution >= 4 is 66.8 Å². The third-order valence-electron chi connectivity index (χ3n) is 7.90.